The molecule has 0 saturated carbocycles. The number of rotatable bonds is 6. The maximum Gasteiger partial charge on any atom is 0.270 e. The molecule has 0 aliphatic rings. The third-order valence-electron chi connectivity index (χ3n) is 3.20. The predicted molar refractivity (Wildman–Crippen MR) is 105 cm³/mol. The quantitative estimate of drug-likeness (QED) is 0.334. The molecule has 26 heavy (non-hydrogen) atoms. The lowest BCUT2D eigenvalue weighted by atomic mass is 10.2. The van der Waals surface area contributed by atoms with Gasteiger partial charge in [-0.1, -0.05) is 11.6 Å². The van der Waals surface area contributed by atoms with Crippen LogP contribution in [0.1, 0.15) is 5.56 Å². The van der Waals surface area contributed by atoms with E-state index in [2.05, 4.69) is 15.8 Å². The number of hydrogen-bond donors (Lipinski definition) is 2. The molecule has 0 saturated heterocycles. The van der Waals surface area contributed by atoms with E-state index in [-0.39, 0.29) is 10.8 Å². The molecule has 0 spiro atoms. The lowest BCUT2D eigenvalue weighted by Gasteiger charge is -2.11. The highest BCUT2D eigenvalue weighted by Crippen LogP contribution is 2.29. The average molecular weight is 395 g/mol. The van der Waals surface area contributed by atoms with E-state index < -0.39 is 4.92 Å². The number of ether oxygens (including phenoxy) is 2. The molecule has 0 atom stereocenters. The maximum atomic E-state index is 10.8. The summed E-state index contributed by atoms with van der Waals surface area (Å²) in [6, 6.07) is 9.27. The average Bonchev–Trinajstić information content (AvgIpc) is 2.62. The number of benzene rings is 2. The molecule has 0 heterocycles. The van der Waals surface area contributed by atoms with E-state index in [4.69, 9.17) is 33.3 Å². The van der Waals surface area contributed by atoms with Crippen LogP contribution < -0.4 is 20.2 Å². The Bertz CT molecular complexity index is 860. The van der Waals surface area contributed by atoms with Gasteiger partial charge in [-0.05, 0) is 30.4 Å². The summed E-state index contributed by atoms with van der Waals surface area (Å²) < 4.78 is 10.4. The van der Waals surface area contributed by atoms with E-state index in [0.29, 0.717) is 27.8 Å². The van der Waals surface area contributed by atoms with Crippen molar-refractivity contribution in [2.24, 2.45) is 5.10 Å². The second-order valence-corrected chi connectivity index (χ2v) is 5.67. The third-order valence-corrected chi connectivity index (χ3v) is 3.74. The third kappa shape index (κ3) is 5.04. The summed E-state index contributed by atoms with van der Waals surface area (Å²) in [6.07, 6.45) is 1.35. The van der Waals surface area contributed by atoms with Gasteiger partial charge in [0.1, 0.15) is 0 Å². The zero-order valence-electron chi connectivity index (χ0n) is 13.9. The van der Waals surface area contributed by atoms with Gasteiger partial charge in [-0.25, -0.2) is 0 Å². The zero-order valence-corrected chi connectivity index (χ0v) is 15.4. The number of methoxy groups -OCH3 is 2. The molecule has 0 amide bonds. The van der Waals surface area contributed by atoms with Gasteiger partial charge in [-0.3, -0.25) is 15.5 Å². The van der Waals surface area contributed by atoms with E-state index in [1.807, 2.05) is 0 Å². The first-order chi connectivity index (χ1) is 12.4. The van der Waals surface area contributed by atoms with Crippen molar-refractivity contribution in [3.05, 3.63) is 57.1 Å². The molecular formula is C16H15ClN4O4S. The van der Waals surface area contributed by atoms with Gasteiger partial charge in [0.05, 0.1) is 25.4 Å². The summed E-state index contributed by atoms with van der Waals surface area (Å²) in [6.45, 7) is 0. The van der Waals surface area contributed by atoms with Gasteiger partial charge in [-0.15, -0.1) is 0 Å². The second-order valence-electron chi connectivity index (χ2n) is 4.86. The monoisotopic (exact) mass is 394 g/mol. The smallest absolute Gasteiger partial charge is 0.270 e. The summed E-state index contributed by atoms with van der Waals surface area (Å²) in [5, 5.41) is 18.2. The molecule has 2 aromatic rings. The standard InChI is InChI=1S/C16H15ClN4O4S/c1-24-14-6-3-11(8-15(14)25-2)19-16(26)20-18-9-10-7-12(21(22)23)4-5-13(10)17/h3-9H,1-2H3,(H2,19,20,26)/b18-9-. The molecule has 0 aliphatic heterocycles. The first kappa shape index (κ1) is 19.4. The first-order valence-corrected chi connectivity index (χ1v) is 7.99. The van der Waals surface area contributed by atoms with Gasteiger partial charge in [0, 0.05) is 34.5 Å². The number of non-ortho nitro benzene ring substituents is 1. The summed E-state index contributed by atoms with van der Waals surface area (Å²) in [5.41, 5.74) is 3.59. The van der Waals surface area contributed by atoms with E-state index in [9.17, 15) is 10.1 Å². The van der Waals surface area contributed by atoms with E-state index in [1.165, 1.54) is 31.5 Å². The molecule has 2 rings (SSSR count). The Kier molecular flexibility index (Phi) is 6.70. The fourth-order valence-electron chi connectivity index (χ4n) is 1.98. The number of halogens is 1. The molecule has 0 bridgehead atoms. The Labute approximate surface area is 159 Å². The number of thiocarbonyl (C=S) groups is 1. The number of nitrogens with one attached hydrogen (secondary N) is 2. The van der Waals surface area contributed by atoms with Gasteiger partial charge in [0.25, 0.3) is 5.69 Å². The molecule has 8 nitrogen and oxygen atoms in total. The minimum absolute atomic E-state index is 0.0816. The van der Waals surface area contributed by atoms with Gasteiger partial charge in [-0.2, -0.15) is 5.10 Å². The van der Waals surface area contributed by atoms with Crippen LogP contribution in [0, 0.1) is 10.1 Å². The molecule has 0 aliphatic carbocycles. The normalized spacial score (nSPS) is 10.4. The van der Waals surface area contributed by atoms with Crippen molar-refractivity contribution in [2.45, 2.75) is 0 Å². The number of hydrogen-bond acceptors (Lipinski definition) is 6. The number of nitro groups is 1. The largest absolute Gasteiger partial charge is 0.493 e. The highest BCUT2D eigenvalue weighted by Gasteiger charge is 2.08. The van der Waals surface area contributed by atoms with Crippen molar-refractivity contribution in [1.82, 2.24) is 5.43 Å². The van der Waals surface area contributed by atoms with E-state index >= 15 is 0 Å². The van der Waals surface area contributed by atoms with Crippen LogP contribution in [0.4, 0.5) is 11.4 Å². The number of hydrazone groups is 1. The molecule has 10 heteroatoms. The van der Waals surface area contributed by atoms with Crippen LogP contribution in [0.15, 0.2) is 41.5 Å². The molecular weight excluding hydrogens is 380 g/mol. The number of nitrogens with zero attached hydrogens (tertiary/aromatic N) is 2. The van der Waals surface area contributed by atoms with Crippen LogP contribution in [0.25, 0.3) is 0 Å². The van der Waals surface area contributed by atoms with Crippen LogP contribution in [0.3, 0.4) is 0 Å². The lowest BCUT2D eigenvalue weighted by molar-refractivity contribution is -0.384. The highest BCUT2D eigenvalue weighted by atomic mass is 35.5. The summed E-state index contributed by atoms with van der Waals surface area (Å²) in [5.74, 6) is 1.14. The molecule has 0 radical (unpaired) electrons. The molecule has 0 fully saturated rings. The zero-order chi connectivity index (χ0) is 19.1. The first-order valence-electron chi connectivity index (χ1n) is 7.20. The van der Waals surface area contributed by atoms with Crippen molar-refractivity contribution < 1.29 is 14.4 Å². The summed E-state index contributed by atoms with van der Waals surface area (Å²) in [4.78, 5) is 10.3. The van der Waals surface area contributed by atoms with Crippen LogP contribution >= 0.6 is 23.8 Å². The van der Waals surface area contributed by atoms with Crippen LogP contribution in [-0.4, -0.2) is 30.5 Å². The molecule has 0 aromatic heterocycles. The van der Waals surface area contributed by atoms with Gasteiger partial charge in [0.2, 0.25) is 0 Å². The topological polar surface area (TPSA) is 98.0 Å². The minimum Gasteiger partial charge on any atom is -0.493 e. The van der Waals surface area contributed by atoms with E-state index in [1.54, 1.807) is 25.3 Å². The van der Waals surface area contributed by atoms with Gasteiger partial charge in [0.15, 0.2) is 16.6 Å². The highest BCUT2D eigenvalue weighted by molar-refractivity contribution is 7.80. The number of nitro benzene ring substituents is 1. The summed E-state index contributed by atoms with van der Waals surface area (Å²) in [7, 11) is 3.08. The molecule has 2 N–H and O–H groups in total. The fraction of sp³-hybridized carbons (Fsp3) is 0.125. The van der Waals surface area contributed by atoms with Gasteiger partial charge >= 0.3 is 0 Å². The van der Waals surface area contributed by atoms with Crippen molar-refractivity contribution in [1.29, 1.82) is 0 Å². The molecule has 136 valence electrons. The maximum absolute atomic E-state index is 10.8. The lowest BCUT2D eigenvalue weighted by Crippen LogP contribution is -2.23. The van der Waals surface area contributed by atoms with Crippen molar-refractivity contribution in [3.63, 3.8) is 0 Å². The number of anilines is 1. The molecule has 2 aromatic carbocycles. The minimum atomic E-state index is -0.510. The Morgan fingerprint density at radius 2 is 1.96 bits per heavy atom. The van der Waals surface area contributed by atoms with Crippen molar-refractivity contribution >= 4 is 46.5 Å². The van der Waals surface area contributed by atoms with Gasteiger partial charge < -0.3 is 14.8 Å². The second kappa shape index (κ2) is 8.97. The van der Waals surface area contributed by atoms with Crippen molar-refractivity contribution in [2.75, 3.05) is 19.5 Å². The SMILES string of the molecule is COc1ccc(NC(=S)N/N=C\c2cc([N+](=O)[O-])ccc2Cl)cc1OC. The van der Waals surface area contributed by atoms with Crippen molar-refractivity contribution in [3.8, 4) is 11.5 Å². The summed E-state index contributed by atoms with van der Waals surface area (Å²) >= 11 is 11.1. The Morgan fingerprint density at radius 3 is 2.62 bits per heavy atom. The van der Waals surface area contributed by atoms with E-state index in [0.717, 1.165) is 0 Å². The van der Waals surface area contributed by atoms with Crippen LogP contribution in [-0.2, 0) is 0 Å². The van der Waals surface area contributed by atoms with Crippen LogP contribution in [0.2, 0.25) is 5.02 Å². The Morgan fingerprint density at radius 1 is 1.23 bits per heavy atom. The predicted octanol–water partition coefficient (Wildman–Crippen LogP) is 3.59. The molecule has 0 unspecified atom stereocenters. The van der Waals surface area contributed by atoms with Crippen LogP contribution in [0.5, 0.6) is 11.5 Å². The Balaban J connectivity index is 2.02. The fourth-order valence-corrected chi connectivity index (χ4v) is 2.31. The Hall–Kier alpha value is -2.91.